The van der Waals surface area contributed by atoms with Crippen molar-refractivity contribution >= 4 is 44.7 Å². The van der Waals surface area contributed by atoms with Crippen LogP contribution in [0.5, 0.6) is 0 Å². The summed E-state index contributed by atoms with van der Waals surface area (Å²) in [5.41, 5.74) is 1.23. The third-order valence-corrected chi connectivity index (χ3v) is 11.9. The molecule has 2 aliphatic heterocycles. The first-order chi connectivity index (χ1) is 20.2. The van der Waals surface area contributed by atoms with E-state index in [4.69, 9.17) is 0 Å². The van der Waals surface area contributed by atoms with E-state index in [1.807, 2.05) is 30.3 Å². The molecule has 0 bridgehead atoms. The van der Waals surface area contributed by atoms with Crippen LogP contribution in [0, 0.1) is 5.92 Å². The zero-order valence-electron chi connectivity index (χ0n) is 23.7. The Morgan fingerprint density at radius 2 is 1.79 bits per heavy atom. The average Bonchev–Trinajstić information content (AvgIpc) is 3.64. The maximum absolute atomic E-state index is 13.9. The lowest BCUT2D eigenvalue weighted by Crippen LogP contribution is -2.60. The van der Waals surface area contributed by atoms with Crippen LogP contribution in [0.25, 0.3) is 10.4 Å². The molecule has 2 atom stereocenters. The van der Waals surface area contributed by atoms with E-state index in [1.165, 1.54) is 10.5 Å². The second kappa shape index (κ2) is 11.8. The molecule has 3 aliphatic rings. The van der Waals surface area contributed by atoms with E-state index in [0.29, 0.717) is 11.7 Å². The van der Waals surface area contributed by atoms with Crippen molar-refractivity contribution in [2.75, 3.05) is 29.4 Å². The number of aromatic carboxylic acids is 1. The fraction of sp³-hybridized carbons (Fsp3) is 0.452. The van der Waals surface area contributed by atoms with Gasteiger partial charge in [0.15, 0.2) is 0 Å². The van der Waals surface area contributed by atoms with Gasteiger partial charge < -0.3 is 14.9 Å². The molecular formula is C31H36N4O5S2. The van der Waals surface area contributed by atoms with Crippen molar-refractivity contribution < 1.29 is 23.1 Å². The largest absolute Gasteiger partial charge is 0.477 e. The number of anilines is 2. The SMILES string of the molecule is C[C@@H]1CCCN1c1ccc(S(=O)(=O)N2CC(=O)N(c3cc(-c4ccccc4)sc3C(=O)O)C(C3CCCCC3)C2)cn1. The predicted octanol–water partition coefficient (Wildman–Crippen LogP) is 5.48. The molecule has 11 heteroatoms. The highest BCUT2D eigenvalue weighted by molar-refractivity contribution is 7.89. The summed E-state index contributed by atoms with van der Waals surface area (Å²) in [6.45, 7) is 2.79. The lowest BCUT2D eigenvalue weighted by Gasteiger charge is -2.44. The van der Waals surface area contributed by atoms with E-state index >= 15 is 0 Å². The van der Waals surface area contributed by atoms with Gasteiger partial charge in [0, 0.05) is 30.2 Å². The van der Waals surface area contributed by atoms with Gasteiger partial charge in [-0.05, 0) is 62.3 Å². The Labute approximate surface area is 250 Å². The van der Waals surface area contributed by atoms with Crippen LogP contribution in [0.2, 0.25) is 0 Å². The Bertz CT molecular complexity index is 1550. The van der Waals surface area contributed by atoms with Gasteiger partial charge >= 0.3 is 5.97 Å². The lowest BCUT2D eigenvalue weighted by atomic mass is 9.82. The summed E-state index contributed by atoms with van der Waals surface area (Å²) in [5.74, 6) is -0.677. The molecule has 0 radical (unpaired) electrons. The molecule has 2 aromatic heterocycles. The summed E-state index contributed by atoms with van der Waals surface area (Å²) < 4.78 is 29.0. The predicted molar refractivity (Wildman–Crippen MR) is 164 cm³/mol. The van der Waals surface area contributed by atoms with Gasteiger partial charge in [-0.15, -0.1) is 11.3 Å². The number of piperazine rings is 1. The standard InChI is InChI=1S/C31H36N4O5S2/c1-21-9-8-16-34(21)28-15-14-24(18-32-28)42(39,40)33-19-26(22-10-4-2-5-11-22)35(29(36)20-33)25-17-27(41-30(25)31(37)38)23-12-6-3-7-13-23/h3,6-7,12-15,17-18,21-22,26H,2,4-5,8-11,16,19-20H2,1H3,(H,37,38)/t21-,26?/m1/s1. The van der Waals surface area contributed by atoms with E-state index in [9.17, 15) is 23.1 Å². The number of hydrogen-bond donors (Lipinski definition) is 1. The molecule has 3 aromatic rings. The highest BCUT2D eigenvalue weighted by atomic mass is 32.2. The number of rotatable bonds is 7. The summed E-state index contributed by atoms with van der Waals surface area (Å²) in [6.07, 6.45) is 8.40. The van der Waals surface area contributed by atoms with E-state index in [0.717, 1.165) is 79.1 Å². The topological polar surface area (TPSA) is 111 Å². The first kappa shape index (κ1) is 28.8. The second-order valence-electron chi connectivity index (χ2n) is 11.6. The summed E-state index contributed by atoms with van der Waals surface area (Å²) >= 11 is 1.14. The third-order valence-electron chi connectivity index (χ3n) is 8.93. The number of hydrogen-bond acceptors (Lipinski definition) is 7. The number of benzene rings is 1. The summed E-state index contributed by atoms with van der Waals surface area (Å²) in [4.78, 5) is 35.5. The minimum Gasteiger partial charge on any atom is -0.477 e. The number of carbonyl (C=O) groups excluding carboxylic acids is 1. The van der Waals surface area contributed by atoms with Crippen LogP contribution in [0.1, 0.15) is 61.5 Å². The first-order valence-corrected chi connectivity index (χ1v) is 17.0. The van der Waals surface area contributed by atoms with Crippen molar-refractivity contribution in [3.8, 4) is 10.4 Å². The summed E-state index contributed by atoms with van der Waals surface area (Å²) in [5, 5.41) is 10.1. The molecule has 1 aromatic carbocycles. The molecule has 3 fully saturated rings. The Hall–Kier alpha value is -3.28. The summed E-state index contributed by atoms with van der Waals surface area (Å²) in [6, 6.07) is 14.5. The van der Waals surface area contributed by atoms with Gasteiger partial charge in [-0.2, -0.15) is 4.31 Å². The number of pyridine rings is 1. The molecule has 2 saturated heterocycles. The molecule has 1 unspecified atom stereocenters. The zero-order chi connectivity index (χ0) is 29.4. The van der Waals surface area contributed by atoms with Crippen molar-refractivity contribution in [3.05, 3.63) is 59.6 Å². The Balaban J connectivity index is 1.33. The number of carbonyl (C=O) groups is 2. The zero-order valence-corrected chi connectivity index (χ0v) is 25.3. The maximum Gasteiger partial charge on any atom is 0.348 e. The van der Waals surface area contributed by atoms with Gasteiger partial charge in [0.25, 0.3) is 0 Å². The quantitative estimate of drug-likeness (QED) is 0.378. The van der Waals surface area contributed by atoms with Crippen LogP contribution in [-0.4, -0.2) is 66.4 Å². The van der Waals surface area contributed by atoms with Crippen molar-refractivity contribution in [2.24, 2.45) is 5.92 Å². The Morgan fingerprint density at radius 1 is 1.02 bits per heavy atom. The molecule has 42 heavy (non-hydrogen) atoms. The molecule has 9 nitrogen and oxygen atoms in total. The highest BCUT2D eigenvalue weighted by Gasteiger charge is 2.44. The smallest absolute Gasteiger partial charge is 0.348 e. The van der Waals surface area contributed by atoms with E-state index in [-0.39, 0.29) is 28.8 Å². The van der Waals surface area contributed by atoms with Gasteiger partial charge in [0.1, 0.15) is 15.6 Å². The molecule has 1 amide bonds. The monoisotopic (exact) mass is 608 g/mol. The number of sulfonamides is 1. The number of thiophene rings is 1. The molecule has 222 valence electrons. The van der Waals surface area contributed by atoms with Crippen molar-refractivity contribution in [1.82, 2.24) is 9.29 Å². The van der Waals surface area contributed by atoms with Crippen LogP contribution < -0.4 is 9.80 Å². The van der Waals surface area contributed by atoms with Crippen LogP contribution in [0.15, 0.2) is 59.6 Å². The minimum absolute atomic E-state index is 0.0647. The van der Waals surface area contributed by atoms with Gasteiger partial charge in [-0.1, -0.05) is 49.6 Å². The molecule has 1 N–H and O–H groups in total. The van der Waals surface area contributed by atoms with E-state index in [1.54, 1.807) is 23.1 Å². The molecule has 1 saturated carbocycles. The summed E-state index contributed by atoms with van der Waals surface area (Å²) in [7, 11) is -4.00. The Morgan fingerprint density at radius 3 is 2.43 bits per heavy atom. The fourth-order valence-electron chi connectivity index (χ4n) is 6.72. The fourth-order valence-corrected chi connectivity index (χ4v) is 9.06. The first-order valence-electron chi connectivity index (χ1n) is 14.7. The van der Waals surface area contributed by atoms with Crippen LogP contribution >= 0.6 is 11.3 Å². The second-order valence-corrected chi connectivity index (χ2v) is 14.5. The van der Waals surface area contributed by atoms with Gasteiger partial charge in [-0.25, -0.2) is 18.2 Å². The van der Waals surface area contributed by atoms with E-state index < -0.39 is 27.9 Å². The van der Waals surface area contributed by atoms with Crippen molar-refractivity contribution in [3.63, 3.8) is 0 Å². The van der Waals surface area contributed by atoms with Crippen LogP contribution in [0.4, 0.5) is 11.5 Å². The van der Waals surface area contributed by atoms with Gasteiger partial charge in [0.2, 0.25) is 15.9 Å². The molecular weight excluding hydrogens is 572 g/mol. The normalized spacial score (nSPS) is 22.5. The Kier molecular flexibility index (Phi) is 8.08. The lowest BCUT2D eigenvalue weighted by molar-refractivity contribution is -0.121. The molecule has 1 aliphatic carbocycles. The number of aromatic nitrogens is 1. The number of carboxylic acids is 1. The molecule has 6 rings (SSSR count). The third kappa shape index (κ3) is 5.45. The molecule has 0 spiro atoms. The van der Waals surface area contributed by atoms with Crippen molar-refractivity contribution in [1.29, 1.82) is 0 Å². The van der Waals surface area contributed by atoms with Crippen molar-refractivity contribution in [2.45, 2.75) is 68.8 Å². The van der Waals surface area contributed by atoms with Gasteiger partial charge in [-0.3, -0.25) is 4.79 Å². The van der Waals surface area contributed by atoms with Gasteiger partial charge in [0.05, 0.1) is 18.3 Å². The maximum atomic E-state index is 13.9. The molecule has 4 heterocycles. The van der Waals surface area contributed by atoms with Crippen LogP contribution in [0.3, 0.4) is 0 Å². The number of carboxylic acid groups (broad SMARTS) is 1. The van der Waals surface area contributed by atoms with E-state index in [2.05, 4.69) is 16.8 Å². The number of nitrogens with zero attached hydrogens (tertiary/aromatic N) is 4. The highest BCUT2D eigenvalue weighted by Crippen LogP contribution is 2.42. The number of amides is 1. The van der Waals surface area contributed by atoms with Crippen LogP contribution in [-0.2, 0) is 14.8 Å². The minimum atomic E-state index is -4.00. The average molecular weight is 609 g/mol.